The number of amides is 2. The van der Waals surface area contributed by atoms with E-state index < -0.39 is 16.8 Å². The van der Waals surface area contributed by atoms with Crippen molar-refractivity contribution in [2.45, 2.75) is 12.5 Å². The van der Waals surface area contributed by atoms with Crippen LogP contribution in [0.15, 0.2) is 53.7 Å². The standard InChI is InChI=1S/C22H16ClN3O5/c23-11-4-6-12(7-5-11)25-21(27)16-14-9-15(17(16)22(25)28)20-18(14)19(24-31-20)10-2-1-3-13(8-10)26(29)30/h1-8,14-18,20H,9H2. The number of benzene rings is 2. The minimum Gasteiger partial charge on any atom is -0.391 e. The van der Waals surface area contributed by atoms with Crippen LogP contribution in [0, 0.1) is 39.7 Å². The normalized spacial score (nSPS) is 32.7. The number of rotatable bonds is 3. The molecular formula is C22H16ClN3O5. The first-order valence-corrected chi connectivity index (χ1v) is 10.5. The van der Waals surface area contributed by atoms with Gasteiger partial charge in [0.15, 0.2) is 0 Å². The Hall–Kier alpha value is -3.26. The molecule has 8 nitrogen and oxygen atoms in total. The Balaban J connectivity index is 1.34. The van der Waals surface area contributed by atoms with E-state index in [0.717, 1.165) is 0 Å². The summed E-state index contributed by atoms with van der Waals surface area (Å²) in [4.78, 5) is 44.3. The van der Waals surface area contributed by atoms with Gasteiger partial charge in [0.05, 0.1) is 28.2 Å². The molecule has 2 aromatic carbocycles. The van der Waals surface area contributed by atoms with Gasteiger partial charge >= 0.3 is 0 Å². The summed E-state index contributed by atoms with van der Waals surface area (Å²) in [6.07, 6.45) is 0.423. The number of halogens is 1. The topological polar surface area (TPSA) is 102 Å². The Kier molecular flexibility index (Phi) is 3.80. The lowest BCUT2D eigenvalue weighted by molar-refractivity contribution is -0.384. The molecule has 2 saturated carbocycles. The van der Waals surface area contributed by atoms with Gasteiger partial charge in [0, 0.05) is 34.6 Å². The molecule has 2 aromatic rings. The third-order valence-corrected chi connectivity index (χ3v) is 7.38. The van der Waals surface area contributed by atoms with Crippen molar-refractivity contribution in [3.05, 3.63) is 69.2 Å². The van der Waals surface area contributed by atoms with Crippen molar-refractivity contribution in [1.82, 2.24) is 0 Å². The Labute approximate surface area is 181 Å². The molecule has 156 valence electrons. The Morgan fingerprint density at radius 3 is 2.45 bits per heavy atom. The van der Waals surface area contributed by atoms with Gasteiger partial charge in [0.1, 0.15) is 6.10 Å². The van der Waals surface area contributed by atoms with Crippen molar-refractivity contribution in [1.29, 1.82) is 0 Å². The maximum Gasteiger partial charge on any atom is 0.270 e. The number of carbonyl (C=O) groups excluding carboxylic acids is 2. The van der Waals surface area contributed by atoms with Crippen molar-refractivity contribution < 1.29 is 19.3 Å². The number of hydrogen-bond donors (Lipinski definition) is 0. The number of imide groups is 1. The van der Waals surface area contributed by atoms with Gasteiger partial charge in [-0.05, 0) is 36.6 Å². The molecule has 2 heterocycles. The number of oxime groups is 1. The van der Waals surface area contributed by atoms with E-state index in [-0.39, 0.29) is 41.4 Å². The van der Waals surface area contributed by atoms with Crippen LogP contribution < -0.4 is 4.90 Å². The van der Waals surface area contributed by atoms with E-state index in [4.69, 9.17) is 16.4 Å². The maximum absolute atomic E-state index is 13.3. The number of anilines is 1. The molecule has 4 aliphatic rings. The Morgan fingerprint density at radius 2 is 1.74 bits per heavy atom. The number of hydrogen-bond acceptors (Lipinski definition) is 6. The van der Waals surface area contributed by atoms with Gasteiger partial charge in [0.2, 0.25) is 11.8 Å². The summed E-state index contributed by atoms with van der Waals surface area (Å²) >= 11 is 5.95. The van der Waals surface area contributed by atoms with Crippen LogP contribution in [-0.2, 0) is 14.4 Å². The van der Waals surface area contributed by atoms with Crippen LogP contribution in [-0.4, -0.2) is 28.6 Å². The first kappa shape index (κ1) is 18.5. The van der Waals surface area contributed by atoms with E-state index in [1.165, 1.54) is 17.0 Å². The molecule has 0 N–H and O–H groups in total. The molecule has 2 bridgehead atoms. The highest BCUT2D eigenvalue weighted by atomic mass is 35.5. The highest BCUT2D eigenvalue weighted by Crippen LogP contribution is 2.62. The molecule has 6 unspecified atom stereocenters. The summed E-state index contributed by atoms with van der Waals surface area (Å²) in [5.41, 5.74) is 1.75. The number of carbonyl (C=O) groups is 2. The van der Waals surface area contributed by atoms with Gasteiger partial charge in [-0.3, -0.25) is 24.6 Å². The van der Waals surface area contributed by atoms with Gasteiger partial charge in [-0.15, -0.1) is 0 Å². The summed E-state index contributed by atoms with van der Waals surface area (Å²) in [6.45, 7) is 0. The number of nitrogens with zero attached hydrogens (tertiary/aromatic N) is 3. The average Bonchev–Trinajstić information content (AvgIpc) is 3.49. The molecule has 0 radical (unpaired) electrons. The van der Waals surface area contributed by atoms with Crippen LogP contribution in [0.4, 0.5) is 11.4 Å². The molecule has 1 saturated heterocycles. The lowest BCUT2D eigenvalue weighted by atomic mass is 9.71. The second kappa shape index (κ2) is 6.37. The SMILES string of the molecule is O=C1C2C3CC(C4C(c5cccc([N+](=O)[O-])c5)=NOC34)C2C(=O)N1c1ccc(Cl)cc1. The van der Waals surface area contributed by atoms with Gasteiger partial charge in [-0.25, -0.2) is 0 Å². The van der Waals surface area contributed by atoms with E-state index >= 15 is 0 Å². The quantitative estimate of drug-likeness (QED) is 0.416. The zero-order valence-corrected chi connectivity index (χ0v) is 16.8. The summed E-state index contributed by atoms with van der Waals surface area (Å²) in [6, 6.07) is 13.0. The lowest BCUT2D eigenvalue weighted by Crippen LogP contribution is -2.41. The molecule has 2 amide bonds. The Morgan fingerprint density at radius 1 is 1.03 bits per heavy atom. The van der Waals surface area contributed by atoms with Crippen LogP contribution >= 0.6 is 11.6 Å². The molecule has 2 aliphatic carbocycles. The van der Waals surface area contributed by atoms with Crippen molar-refractivity contribution in [2.75, 3.05) is 4.90 Å². The highest BCUT2D eigenvalue weighted by molar-refractivity contribution is 6.31. The molecule has 6 rings (SSSR count). The minimum absolute atomic E-state index is 0.0225. The first-order chi connectivity index (χ1) is 15.0. The zero-order chi connectivity index (χ0) is 21.4. The van der Waals surface area contributed by atoms with Crippen molar-refractivity contribution >= 4 is 40.5 Å². The first-order valence-electron chi connectivity index (χ1n) is 10.1. The molecular weight excluding hydrogens is 422 g/mol. The van der Waals surface area contributed by atoms with Crippen LogP contribution in [0.5, 0.6) is 0 Å². The van der Waals surface area contributed by atoms with Crippen LogP contribution in [0.1, 0.15) is 12.0 Å². The van der Waals surface area contributed by atoms with Crippen LogP contribution in [0.2, 0.25) is 5.02 Å². The Bertz CT molecular complexity index is 1180. The predicted octanol–water partition coefficient (Wildman–Crippen LogP) is 3.42. The molecule has 31 heavy (non-hydrogen) atoms. The van der Waals surface area contributed by atoms with Crippen LogP contribution in [0.25, 0.3) is 0 Å². The van der Waals surface area contributed by atoms with Crippen molar-refractivity contribution in [3.63, 3.8) is 0 Å². The smallest absolute Gasteiger partial charge is 0.270 e. The van der Waals surface area contributed by atoms with E-state index in [1.807, 2.05) is 0 Å². The zero-order valence-electron chi connectivity index (χ0n) is 16.1. The largest absolute Gasteiger partial charge is 0.391 e. The second-order valence-electron chi connectivity index (χ2n) is 8.48. The number of fused-ring (bicyclic) bond motifs is 8. The van der Waals surface area contributed by atoms with Gasteiger partial charge < -0.3 is 4.84 Å². The molecule has 9 heteroatoms. The second-order valence-corrected chi connectivity index (χ2v) is 8.92. The predicted molar refractivity (Wildman–Crippen MR) is 111 cm³/mol. The van der Waals surface area contributed by atoms with E-state index in [2.05, 4.69) is 5.16 Å². The number of nitro groups is 1. The molecule has 3 fully saturated rings. The third-order valence-electron chi connectivity index (χ3n) is 7.13. The van der Waals surface area contributed by atoms with E-state index in [1.54, 1.807) is 36.4 Å². The number of non-ortho nitro benzene ring substituents is 1. The highest BCUT2D eigenvalue weighted by Gasteiger charge is 2.70. The van der Waals surface area contributed by atoms with Gasteiger partial charge in [-0.2, -0.15) is 0 Å². The molecule has 0 spiro atoms. The third kappa shape index (κ3) is 2.45. The summed E-state index contributed by atoms with van der Waals surface area (Å²) in [5, 5.41) is 16.0. The van der Waals surface area contributed by atoms with Crippen molar-refractivity contribution in [3.8, 4) is 0 Å². The summed E-state index contributed by atoms with van der Waals surface area (Å²) in [5.74, 6) is -1.60. The molecule has 0 aromatic heterocycles. The van der Waals surface area contributed by atoms with Crippen LogP contribution in [0.3, 0.4) is 0 Å². The summed E-state index contributed by atoms with van der Waals surface area (Å²) in [7, 11) is 0. The number of nitro benzene ring substituents is 1. The monoisotopic (exact) mass is 437 g/mol. The van der Waals surface area contributed by atoms with Gasteiger partial charge in [0.25, 0.3) is 5.69 Å². The van der Waals surface area contributed by atoms with Gasteiger partial charge in [-0.1, -0.05) is 28.9 Å². The van der Waals surface area contributed by atoms with E-state index in [9.17, 15) is 19.7 Å². The fourth-order valence-corrected chi connectivity index (χ4v) is 6.11. The fraction of sp³-hybridized carbons (Fsp3) is 0.318. The average molecular weight is 438 g/mol. The maximum atomic E-state index is 13.3. The summed E-state index contributed by atoms with van der Waals surface area (Å²) < 4.78 is 0. The molecule has 2 aliphatic heterocycles. The van der Waals surface area contributed by atoms with E-state index in [0.29, 0.717) is 28.4 Å². The lowest BCUT2D eigenvalue weighted by Gasteiger charge is -2.29. The van der Waals surface area contributed by atoms with Crippen molar-refractivity contribution in [2.24, 2.45) is 34.7 Å². The minimum atomic E-state index is -0.447. The fourth-order valence-electron chi connectivity index (χ4n) is 5.99. The molecule has 6 atom stereocenters.